The van der Waals surface area contributed by atoms with Crippen LogP contribution in [0.5, 0.6) is 0 Å². The molecule has 0 radical (unpaired) electrons. The van der Waals surface area contributed by atoms with Crippen LogP contribution >= 0.6 is 0 Å². The van der Waals surface area contributed by atoms with Gasteiger partial charge in [0.2, 0.25) is 0 Å². The van der Waals surface area contributed by atoms with Gasteiger partial charge in [-0.1, -0.05) is 6.92 Å². The second-order valence-corrected chi connectivity index (χ2v) is 22.5. The van der Waals surface area contributed by atoms with Crippen molar-refractivity contribution in [2.75, 3.05) is 164 Å². The number of carbonyl (C=O) groups is 4. The summed E-state index contributed by atoms with van der Waals surface area (Å²) < 4.78 is 49.6. The van der Waals surface area contributed by atoms with Crippen LogP contribution in [0, 0.1) is 0 Å². The van der Waals surface area contributed by atoms with Gasteiger partial charge in [0, 0.05) is 130 Å². The van der Waals surface area contributed by atoms with Gasteiger partial charge in [-0.3, -0.25) is 9.80 Å². The summed E-state index contributed by atoms with van der Waals surface area (Å²) in [6, 6.07) is -1.70. The van der Waals surface area contributed by atoms with E-state index in [9.17, 15) is 44.7 Å². The zero-order chi connectivity index (χ0) is 49.7. The van der Waals surface area contributed by atoms with Crippen LogP contribution in [-0.4, -0.2) is 257 Å². The summed E-state index contributed by atoms with van der Waals surface area (Å²) >= 11 is 0. The van der Waals surface area contributed by atoms with E-state index in [0.717, 1.165) is 117 Å². The summed E-state index contributed by atoms with van der Waals surface area (Å²) in [5.74, 6) is -6.52. The summed E-state index contributed by atoms with van der Waals surface area (Å²) in [6.07, 6.45) is 2.94. The molecule has 7 aliphatic heterocycles. The first-order valence-electron chi connectivity index (χ1n) is 24.3. The smallest absolute Gasteiger partial charge is 0.548 e. The molecule has 26 nitrogen and oxygen atoms in total. The molecule has 2 atom stereocenters. The summed E-state index contributed by atoms with van der Waals surface area (Å²) in [6.45, 7) is 17.7. The topological polar surface area (TPSA) is 346 Å². The largest absolute Gasteiger partial charge is 1.00 e. The zero-order valence-corrected chi connectivity index (χ0v) is 46.0. The van der Waals surface area contributed by atoms with E-state index >= 15 is 0 Å². The van der Waals surface area contributed by atoms with Gasteiger partial charge in [-0.15, -0.1) is 0 Å². The van der Waals surface area contributed by atoms with Crippen molar-refractivity contribution < 1.29 is 161 Å². The van der Waals surface area contributed by atoms with Crippen LogP contribution in [0.15, 0.2) is 0 Å². The molecule has 2 unspecified atom stereocenters. The molecule has 7 heterocycles. The minimum Gasteiger partial charge on any atom is -0.548 e. The molecule has 7 N–H and O–H groups in total. The van der Waals surface area contributed by atoms with E-state index in [4.69, 9.17) is 40.8 Å². The normalized spacial score (nSPS) is 26.9. The van der Waals surface area contributed by atoms with Gasteiger partial charge >= 0.3 is 93.1 Å². The maximum Gasteiger partial charge on any atom is 1.00 e. The van der Waals surface area contributed by atoms with Crippen molar-refractivity contribution in [3.05, 3.63) is 0 Å². The van der Waals surface area contributed by atoms with Crippen molar-refractivity contribution in [1.82, 2.24) is 41.7 Å². The third-order valence-electron chi connectivity index (χ3n) is 11.5. The second kappa shape index (κ2) is 42.0. The summed E-state index contributed by atoms with van der Waals surface area (Å²) in [4.78, 5) is 46.3. The summed E-state index contributed by atoms with van der Waals surface area (Å²) in [5, 5.41) is 71.8. The number of hydrogen-bond acceptors (Lipinski definition) is 26. The van der Waals surface area contributed by atoms with E-state index in [1.165, 1.54) is 9.80 Å². The molecular formula is C41H76Li4N8O18Si2. The number of rotatable bonds is 19. The maximum absolute atomic E-state index is 10.9. The Labute approximate surface area is 479 Å². The van der Waals surface area contributed by atoms with Crippen LogP contribution in [0.2, 0.25) is 12.1 Å². The van der Waals surface area contributed by atoms with Gasteiger partial charge in [0.05, 0.1) is 101 Å². The molecule has 0 aromatic carbocycles. The Bertz CT molecular complexity index is 1380. The maximum atomic E-state index is 10.9. The van der Waals surface area contributed by atoms with Gasteiger partial charge in [0.15, 0.2) is 0 Å². The Morgan fingerprint density at radius 1 is 0.548 bits per heavy atom. The third kappa shape index (κ3) is 29.7. The van der Waals surface area contributed by atoms with Gasteiger partial charge in [0.25, 0.3) is 0 Å². The SMILES string of the molecule is C(COCC1CO1)C[Si]12OCC(CO1)O2.CCC(O)COCCC[Si]12OCC(CO1)O2.O=C([O-])C(C(=O)[O-])N1CCNCCNCCNCC1.O=C([O-])C(C(=O)[O-])N1CCNCCNCCNCC1.[Li+].[Li+].[Li+].[Li+]. The number of hydrogen-bond donors (Lipinski definition) is 7. The Morgan fingerprint density at radius 2 is 0.863 bits per heavy atom. The van der Waals surface area contributed by atoms with Gasteiger partial charge in [-0.2, -0.15) is 0 Å². The molecule has 7 saturated heterocycles. The average molecular weight is 1050 g/mol. The molecule has 0 aromatic rings. The molecule has 0 saturated carbocycles. The fraction of sp³-hybridized carbons (Fsp3) is 0.902. The van der Waals surface area contributed by atoms with Crippen LogP contribution < -0.4 is 128 Å². The number of aliphatic hydroxyl groups is 1. The predicted molar refractivity (Wildman–Crippen MR) is 240 cm³/mol. The third-order valence-corrected chi connectivity index (χ3v) is 17.3. The zero-order valence-electron chi connectivity index (χ0n) is 44.0. The van der Waals surface area contributed by atoms with Crippen molar-refractivity contribution in [1.29, 1.82) is 0 Å². The fourth-order valence-electron chi connectivity index (χ4n) is 7.62. The molecule has 7 aliphatic rings. The Balaban J connectivity index is 0.000000932. The molecule has 0 aliphatic carbocycles. The number of carboxylic acids is 4. The second-order valence-electron chi connectivity index (χ2n) is 17.1. The van der Waals surface area contributed by atoms with Crippen LogP contribution in [0.25, 0.3) is 0 Å². The van der Waals surface area contributed by atoms with Crippen molar-refractivity contribution in [3.8, 4) is 0 Å². The van der Waals surface area contributed by atoms with Crippen molar-refractivity contribution in [3.63, 3.8) is 0 Å². The van der Waals surface area contributed by atoms with Gasteiger partial charge < -0.3 is 117 Å². The van der Waals surface area contributed by atoms with Crippen molar-refractivity contribution in [2.45, 2.75) is 74.8 Å². The number of ether oxygens (including phenoxy) is 3. The van der Waals surface area contributed by atoms with Crippen LogP contribution in [-0.2, 0) is 59.9 Å². The summed E-state index contributed by atoms with van der Waals surface area (Å²) in [5.41, 5.74) is 0. The Hall–Kier alpha value is -0.0166. The van der Waals surface area contributed by atoms with Gasteiger partial charge in [0.1, 0.15) is 6.10 Å². The number of fused-ring (bicyclic) bond motifs is 4. The number of nitrogens with one attached hydrogen (secondary N) is 6. The van der Waals surface area contributed by atoms with Crippen LogP contribution in [0.3, 0.4) is 0 Å². The summed E-state index contributed by atoms with van der Waals surface area (Å²) in [7, 11) is -4.47. The quantitative estimate of drug-likeness (QED) is 0.0273. The fourth-order valence-corrected chi connectivity index (χ4v) is 13.1. The van der Waals surface area contributed by atoms with Crippen molar-refractivity contribution in [2.24, 2.45) is 0 Å². The average Bonchev–Trinajstić information content (AvgIpc) is 3.57. The van der Waals surface area contributed by atoms with E-state index < -0.39 is 53.6 Å². The Morgan fingerprint density at radius 3 is 1.14 bits per heavy atom. The molecule has 0 spiro atoms. The molecule has 0 amide bonds. The minimum atomic E-state index is -2.26. The van der Waals surface area contributed by atoms with Crippen LogP contribution in [0.1, 0.15) is 26.2 Å². The molecular weight excluding hydrogens is 976 g/mol. The molecule has 400 valence electrons. The molecule has 7 fully saturated rings. The first-order chi connectivity index (χ1) is 33.4. The number of carbonyl (C=O) groups excluding carboxylic acids is 4. The first kappa shape index (κ1) is 73.0. The van der Waals surface area contributed by atoms with E-state index in [0.29, 0.717) is 84.9 Å². The molecule has 73 heavy (non-hydrogen) atoms. The number of carboxylic acid groups (broad SMARTS) is 4. The van der Waals surface area contributed by atoms with E-state index in [1.54, 1.807) is 0 Å². The molecule has 32 heteroatoms. The molecule has 7 rings (SSSR count). The number of aliphatic hydroxyl groups excluding tert-OH is 1. The number of nitrogens with zero attached hydrogens (tertiary/aromatic N) is 2. The number of aliphatic carboxylic acids is 4. The molecule has 0 aromatic heterocycles. The van der Waals surface area contributed by atoms with E-state index in [-0.39, 0.29) is 93.8 Å². The standard InChI is InChI=1S/2C11H22N4O4.C10H20O5Si.C9H16O5Si.4Li/c2*16-10(17)9(11(18)19)15-7-5-13-3-1-12-2-4-14-6-8-15;1-2-9(11)6-12-4-3-5-16-13-7-10(15-16)8-14-16;1(2-10-4-8-5-11-8)3-15-12-6-9(14-15)7-13-15;;;;/h2*9,12-14H,1-8H2,(H,16,17)(H,18,19);9-11H,2-8H2,1H3;8-9H,1-7H2;;;;/q;;;;4*+1/p-4. The molecule has 4 bridgehead atoms. The van der Waals surface area contributed by atoms with Crippen LogP contribution in [0.4, 0.5) is 0 Å². The first-order valence-corrected chi connectivity index (χ1v) is 28.1. The minimum absolute atomic E-state index is 0. The van der Waals surface area contributed by atoms with Gasteiger partial charge in [-0.05, 0) is 19.3 Å². The van der Waals surface area contributed by atoms with Crippen molar-refractivity contribution >= 4 is 41.5 Å². The Kier molecular flexibility index (Phi) is 41.9. The monoisotopic (exact) mass is 1050 g/mol. The van der Waals surface area contributed by atoms with E-state index in [2.05, 4.69) is 31.9 Å². The number of epoxide rings is 1. The van der Waals surface area contributed by atoms with E-state index in [1.807, 2.05) is 6.92 Å². The van der Waals surface area contributed by atoms with Gasteiger partial charge in [-0.25, -0.2) is 0 Å². The predicted octanol–water partition coefficient (Wildman–Crippen LogP) is -21.4.